The predicted octanol–water partition coefficient (Wildman–Crippen LogP) is -0.431. The first-order valence-corrected chi connectivity index (χ1v) is 5.23. The summed E-state index contributed by atoms with van der Waals surface area (Å²) in [5.74, 6) is 0.522. The molecule has 4 N–H and O–H groups in total. The first kappa shape index (κ1) is 11.7. The van der Waals surface area contributed by atoms with E-state index in [9.17, 15) is 4.79 Å². The zero-order valence-corrected chi connectivity index (χ0v) is 8.10. The third-order valence-electron chi connectivity index (χ3n) is 1.30. The van der Waals surface area contributed by atoms with E-state index in [0.717, 1.165) is 5.75 Å². The van der Waals surface area contributed by atoms with Crippen LogP contribution in [0, 0.1) is 0 Å². The molecular weight excluding hydrogens is 176 g/mol. The molecule has 1 atom stereocenters. The summed E-state index contributed by atoms with van der Waals surface area (Å²) in [6, 6.07) is -0.496. The van der Waals surface area contributed by atoms with Crippen molar-refractivity contribution in [2.45, 2.75) is 12.5 Å². The number of carbonyl (C=O) groups excluding carboxylic acids is 1. The van der Waals surface area contributed by atoms with Crippen molar-refractivity contribution in [3.05, 3.63) is 0 Å². The van der Waals surface area contributed by atoms with Gasteiger partial charge in [0.1, 0.15) is 12.6 Å². The average Bonchev–Trinajstić information content (AvgIpc) is 2.10. The van der Waals surface area contributed by atoms with Crippen molar-refractivity contribution >= 4 is 17.7 Å². The Bertz CT molecular complexity index is 133. The van der Waals surface area contributed by atoms with Gasteiger partial charge in [-0.1, -0.05) is 0 Å². The highest BCUT2D eigenvalue weighted by Crippen LogP contribution is 1.99. The van der Waals surface area contributed by atoms with Crippen LogP contribution >= 0.6 is 11.8 Å². The maximum absolute atomic E-state index is 11.0. The summed E-state index contributed by atoms with van der Waals surface area (Å²) in [6.07, 6.45) is 2.63. The highest BCUT2D eigenvalue weighted by Gasteiger charge is 2.13. The molecule has 0 aliphatic carbocycles. The minimum atomic E-state index is -0.496. The normalized spacial score (nSPS) is 12.6. The van der Waals surface area contributed by atoms with E-state index >= 15 is 0 Å². The lowest BCUT2D eigenvalue weighted by atomic mass is 10.2. The van der Waals surface area contributed by atoms with E-state index < -0.39 is 6.04 Å². The van der Waals surface area contributed by atoms with Crippen LogP contribution in [0.25, 0.3) is 0 Å². The molecule has 0 fully saturated rings. The molecule has 0 amide bonds. The topological polar surface area (TPSA) is 78.3 Å². The Morgan fingerprint density at radius 2 is 2.33 bits per heavy atom. The molecule has 0 heterocycles. The Hall–Kier alpha value is -0.260. The van der Waals surface area contributed by atoms with Gasteiger partial charge in [-0.3, -0.25) is 4.79 Å². The molecule has 0 saturated carbocycles. The minimum Gasteiger partial charge on any atom is -0.463 e. The molecule has 0 aliphatic rings. The fourth-order valence-electron chi connectivity index (χ4n) is 0.629. The molecule has 0 aromatic rings. The van der Waals surface area contributed by atoms with E-state index in [-0.39, 0.29) is 12.6 Å². The van der Waals surface area contributed by atoms with Crippen LogP contribution < -0.4 is 11.5 Å². The summed E-state index contributed by atoms with van der Waals surface area (Å²) in [5.41, 5.74) is 10.7. The minimum absolute atomic E-state index is 0.256. The number of ether oxygens (including phenoxy) is 1. The molecule has 0 aromatic carbocycles. The summed E-state index contributed by atoms with van der Waals surface area (Å²) in [4.78, 5) is 11.0. The van der Waals surface area contributed by atoms with Gasteiger partial charge in [-0.05, 0) is 18.4 Å². The van der Waals surface area contributed by atoms with Crippen LogP contribution in [0.5, 0.6) is 0 Å². The number of nitrogens with two attached hydrogens (primary N) is 2. The van der Waals surface area contributed by atoms with Crippen LogP contribution in [0.2, 0.25) is 0 Å². The Morgan fingerprint density at radius 3 is 2.83 bits per heavy atom. The third kappa shape index (κ3) is 5.40. The molecule has 0 spiro atoms. The van der Waals surface area contributed by atoms with Crippen LogP contribution in [-0.4, -0.2) is 37.2 Å². The highest BCUT2D eigenvalue weighted by atomic mass is 32.2. The average molecular weight is 192 g/mol. The monoisotopic (exact) mass is 192 g/mol. The molecule has 4 nitrogen and oxygen atoms in total. The Morgan fingerprint density at radius 1 is 1.67 bits per heavy atom. The van der Waals surface area contributed by atoms with Gasteiger partial charge < -0.3 is 16.2 Å². The van der Waals surface area contributed by atoms with Gasteiger partial charge in [0.2, 0.25) is 0 Å². The second kappa shape index (κ2) is 7.39. The van der Waals surface area contributed by atoms with E-state index in [1.165, 1.54) is 0 Å². The van der Waals surface area contributed by atoms with Crippen molar-refractivity contribution in [3.8, 4) is 0 Å². The maximum atomic E-state index is 11.0. The van der Waals surface area contributed by atoms with E-state index in [1.807, 2.05) is 6.26 Å². The lowest BCUT2D eigenvalue weighted by molar-refractivity contribution is -0.144. The quantitative estimate of drug-likeness (QED) is 0.558. The summed E-state index contributed by atoms with van der Waals surface area (Å²) < 4.78 is 4.75. The van der Waals surface area contributed by atoms with Gasteiger partial charge in [0.25, 0.3) is 0 Å². The van der Waals surface area contributed by atoms with Gasteiger partial charge in [-0.15, -0.1) is 0 Å². The molecule has 12 heavy (non-hydrogen) atoms. The standard InChI is InChI=1S/C7H16N2O2S/c1-12-5-2-6(9)7(10)11-4-3-8/h6H,2-5,8-9H2,1H3/t6-/m0/s1. The number of hydrogen-bond acceptors (Lipinski definition) is 5. The lowest BCUT2D eigenvalue weighted by Crippen LogP contribution is -2.33. The first-order chi connectivity index (χ1) is 5.72. The highest BCUT2D eigenvalue weighted by molar-refractivity contribution is 7.98. The Balaban J connectivity index is 3.47. The van der Waals surface area contributed by atoms with Gasteiger partial charge >= 0.3 is 5.97 Å². The summed E-state index contributed by atoms with van der Waals surface area (Å²) in [7, 11) is 0. The van der Waals surface area contributed by atoms with E-state index in [4.69, 9.17) is 16.2 Å². The Labute approximate surface area is 77.0 Å². The molecule has 72 valence electrons. The molecule has 0 unspecified atom stereocenters. The van der Waals surface area contributed by atoms with Crippen molar-refractivity contribution in [3.63, 3.8) is 0 Å². The number of hydrogen-bond donors (Lipinski definition) is 2. The lowest BCUT2D eigenvalue weighted by Gasteiger charge is -2.09. The largest absolute Gasteiger partial charge is 0.463 e. The van der Waals surface area contributed by atoms with Gasteiger partial charge in [0.05, 0.1) is 0 Å². The van der Waals surface area contributed by atoms with Crippen LogP contribution in [0.3, 0.4) is 0 Å². The van der Waals surface area contributed by atoms with Gasteiger partial charge in [0.15, 0.2) is 0 Å². The van der Waals surface area contributed by atoms with Gasteiger partial charge in [0, 0.05) is 6.54 Å². The molecule has 0 saturated heterocycles. The molecule has 0 aliphatic heterocycles. The molecule has 0 bridgehead atoms. The van der Waals surface area contributed by atoms with Crippen molar-refractivity contribution in [1.82, 2.24) is 0 Å². The Kier molecular flexibility index (Phi) is 7.23. The van der Waals surface area contributed by atoms with Crippen molar-refractivity contribution in [2.24, 2.45) is 11.5 Å². The van der Waals surface area contributed by atoms with Crippen LogP contribution in [0.1, 0.15) is 6.42 Å². The van der Waals surface area contributed by atoms with Crippen molar-refractivity contribution in [2.75, 3.05) is 25.2 Å². The van der Waals surface area contributed by atoms with Gasteiger partial charge in [-0.2, -0.15) is 11.8 Å². The van der Waals surface area contributed by atoms with Crippen LogP contribution in [0.15, 0.2) is 0 Å². The number of esters is 1. The fraction of sp³-hybridized carbons (Fsp3) is 0.857. The fourth-order valence-corrected chi connectivity index (χ4v) is 1.12. The third-order valence-corrected chi connectivity index (χ3v) is 1.94. The van der Waals surface area contributed by atoms with Crippen LogP contribution in [0.4, 0.5) is 0 Å². The summed E-state index contributed by atoms with van der Waals surface area (Å²) >= 11 is 1.66. The SMILES string of the molecule is CSCC[C@H](N)C(=O)OCCN. The number of rotatable bonds is 6. The smallest absolute Gasteiger partial charge is 0.322 e. The van der Waals surface area contributed by atoms with Crippen molar-refractivity contribution in [1.29, 1.82) is 0 Å². The molecule has 0 radical (unpaired) electrons. The van der Waals surface area contributed by atoms with E-state index in [1.54, 1.807) is 11.8 Å². The molecular formula is C7H16N2O2S. The summed E-state index contributed by atoms with van der Waals surface area (Å²) in [5, 5.41) is 0. The zero-order chi connectivity index (χ0) is 9.40. The number of carbonyl (C=O) groups is 1. The van der Waals surface area contributed by atoms with E-state index in [2.05, 4.69) is 0 Å². The van der Waals surface area contributed by atoms with E-state index in [0.29, 0.717) is 13.0 Å². The first-order valence-electron chi connectivity index (χ1n) is 3.83. The molecule has 0 aromatic heterocycles. The number of thioether (sulfide) groups is 1. The van der Waals surface area contributed by atoms with Crippen molar-refractivity contribution < 1.29 is 9.53 Å². The maximum Gasteiger partial charge on any atom is 0.322 e. The summed E-state index contributed by atoms with van der Waals surface area (Å²) in [6.45, 7) is 0.604. The second-order valence-electron chi connectivity index (χ2n) is 2.34. The zero-order valence-electron chi connectivity index (χ0n) is 7.29. The molecule has 0 rings (SSSR count). The van der Waals surface area contributed by atoms with Crippen LogP contribution in [-0.2, 0) is 9.53 Å². The second-order valence-corrected chi connectivity index (χ2v) is 3.33. The molecule has 5 heteroatoms. The predicted molar refractivity (Wildman–Crippen MR) is 51.0 cm³/mol. The van der Waals surface area contributed by atoms with Gasteiger partial charge in [-0.25, -0.2) is 0 Å².